The van der Waals surface area contributed by atoms with Gasteiger partial charge in [0.2, 0.25) is 5.91 Å². The maximum atomic E-state index is 12.4. The fraction of sp³-hybridized carbons (Fsp3) is 0.182. The second-order valence-corrected chi connectivity index (χ2v) is 8.00. The molecule has 4 rings (SSSR count). The Labute approximate surface area is 179 Å². The Balaban J connectivity index is 1.48. The minimum Gasteiger partial charge on any atom is -0.378 e. The molecule has 0 aliphatic carbocycles. The van der Waals surface area contributed by atoms with Crippen LogP contribution in [0.2, 0.25) is 0 Å². The standard InChI is InChI=1S/C22H22N6OS/c1-15-6-4-5-7-19(15)28-21-18(12-25-28)22(24-14-23-21)30-13-20(29)26-16-8-10-17(11-9-16)27(2)3/h4-12,14H,13H2,1-3H3,(H,26,29). The van der Waals surface area contributed by atoms with Crippen LogP contribution in [-0.4, -0.2) is 45.5 Å². The summed E-state index contributed by atoms with van der Waals surface area (Å²) in [7, 11) is 3.96. The largest absolute Gasteiger partial charge is 0.378 e. The minimum absolute atomic E-state index is 0.0874. The van der Waals surface area contributed by atoms with Crippen molar-refractivity contribution in [2.75, 3.05) is 30.1 Å². The van der Waals surface area contributed by atoms with Gasteiger partial charge < -0.3 is 10.2 Å². The van der Waals surface area contributed by atoms with Gasteiger partial charge in [-0.05, 0) is 42.8 Å². The Morgan fingerprint density at radius 2 is 1.87 bits per heavy atom. The lowest BCUT2D eigenvalue weighted by Gasteiger charge is -2.13. The lowest BCUT2D eigenvalue weighted by Crippen LogP contribution is -2.14. The van der Waals surface area contributed by atoms with E-state index in [1.165, 1.54) is 18.1 Å². The third kappa shape index (κ3) is 4.13. The third-order valence-electron chi connectivity index (χ3n) is 4.68. The molecular weight excluding hydrogens is 396 g/mol. The summed E-state index contributed by atoms with van der Waals surface area (Å²) in [6.45, 7) is 2.04. The number of amides is 1. The number of aryl methyl sites for hydroxylation is 1. The van der Waals surface area contributed by atoms with Crippen LogP contribution in [0.1, 0.15) is 5.56 Å². The highest BCUT2D eigenvalue weighted by Crippen LogP contribution is 2.27. The molecule has 8 heteroatoms. The Hall–Kier alpha value is -3.39. The van der Waals surface area contributed by atoms with Crippen LogP contribution in [0, 0.1) is 6.92 Å². The van der Waals surface area contributed by atoms with Crippen LogP contribution in [-0.2, 0) is 4.79 Å². The zero-order valence-electron chi connectivity index (χ0n) is 17.0. The summed E-state index contributed by atoms with van der Waals surface area (Å²) in [5.41, 5.74) is 4.65. The molecule has 30 heavy (non-hydrogen) atoms. The summed E-state index contributed by atoms with van der Waals surface area (Å²) in [5, 5.41) is 8.98. The predicted octanol–water partition coefficient (Wildman–Crippen LogP) is 3.92. The van der Waals surface area contributed by atoms with Crippen LogP contribution < -0.4 is 10.2 Å². The molecule has 0 saturated carbocycles. The first-order chi connectivity index (χ1) is 14.5. The number of para-hydroxylation sites is 1. The van der Waals surface area contributed by atoms with E-state index in [1.807, 2.05) is 79.1 Å². The van der Waals surface area contributed by atoms with Crippen molar-refractivity contribution in [2.24, 2.45) is 0 Å². The highest BCUT2D eigenvalue weighted by molar-refractivity contribution is 8.00. The van der Waals surface area contributed by atoms with Gasteiger partial charge in [-0.25, -0.2) is 14.6 Å². The van der Waals surface area contributed by atoms with E-state index < -0.39 is 0 Å². The quantitative estimate of drug-likeness (QED) is 0.378. The Kier molecular flexibility index (Phi) is 5.67. The molecule has 0 bridgehead atoms. The van der Waals surface area contributed by atoms with E-state index in [4.69, 9.17) is 0 Å². The summed E-state index contributed by atoms with van der Waals surface area (Å²) in [4.78, 5) is 23.2. The second kappa shape index (κ2) is 8.54. The molecule has 0 unspecified atom stereocenters. The molecule has 0 aliphatic rings. The molecule has 2 heterocycles. The zero-order chi connectivity index (χ0) is 21.1. The molecule has 1 N–H and O–H groups in total. The van der Waals surface area contributed by atoms with Crippen molar-refractivity contribution >= 4 is 40.1 Å². The van der Waals surface area contributed by atoms with Crippen LogP contribution >= 0.6 is 11.8 Å². The number of benzene rings is 2. The van der Waals surface area contributed by atoms with Crippen LogP contribution in [0.4, 0.5) is 11.4 Å². The molecular formula is C22H22N6OS. The predicted molar refractivity (Wildman–Crippen MR) is 122 cm³/mol. The van der Waals surface area contributed by atoms with Crippen molar-refractivity contribution in [3.63, 3.8) is 0 Å². The van der Waals surface area contributed by atoms with Gasteiger partial charge in [0, 0.05) is 25.5 Å². The number of anilines is 2. The number of hydrogen-bond acceptors (Lipinski definition) is 6. The molecule has 0 fully saturated rings. The molecule has 0 radical (unpaired) electrons. The van der Waals surface area contributed by atoms with Crippen molar-refractivity contribution < 1.29 is 4.79 Å². The summed E-state index contributed by atoms with van der Waals surface area (Å²) >= 11 is 1.37. The van der Waals surface area contributed by atoms with Crippen molar-refractivity contribution in [2.45, 2.75) is 11.9 Å². The molecule has 0 aliphatic heterocycles. The molecule has 2 aromatic heterocycles. The van der Waals surface area contributed by atoms with Crippen LogP contribution in [0.25, 0.3) is 16.7 Å². The van der Waals surface area contributed by atoms with E-state index in [1.54, 1.807) is 6.20 Å². The van der Waals surface area contributed by atoms with Crippen LogP contribution in [0.3, 0.4) is 0 Å². The Morgan fingerprint density at radius 1 is 1.10 bits per heavy atom. The van der Waals surface area contributed by atoms with Gasteiger partial charge in [0.05, 0.1) is 23.0 Å². The number of fused-ring (bicyclic) bond motifs is 1. The normalized spacial score (nSPS) is 10.9. The summed E-state index contributed by atoms with van der Waals surface area (Å²) in [6.07, 6.45) is 3.26. The van der Waals surface area contributed by atoms with Crippen molar-refractivity contribution in [1.82, 2.24) is 19.7 Å². The summed E-state index contributed by atoms with van der Waals surface area (Å²) in [5.74, 6) is 0.160. The van der Waals surface area contributed by atoms with Crippen molar-refractivity contribution in [3.8, 4) is 5.69 Å². The van der Waals surface area contributed by atoms with Gasteiger partial charge in [-0.3, -0.25) is 4.79 Å². The first-order valence-corrected chi connectivity index (χ1v) is 10.5. The number of nitrogens with zero attached hydrogens (tertiary/aromatic N) is 5. The van der Waals surface area contributed by atoms with Gasteiger partial charge in [-0.15, -0.1) is 0 Å². The van der Waals surface area contributed by atoms with E-state index in [-0.39, 0.29) is 11.7 Å². The average molecular weight is 419 g/mol. The van der Waals surface area contributed by atoms with E-state index in [9.17, 15) is 4.79 Å². The number of thioether (sulfide) groups is 1. The molecule has 1 amide bonds. The molecule has 0 saturated heterocycles. The monoisotopic (exact) mass is 418 g/mol. The summed E-state index contributed by atoms with van der Waals surface area (Å²) < 4.78 is 1.81. The van der Waals surface area contributed by atoms with E-state index in [2.05, 4.69) is 20.4 Å². The van der Waals surface area contributed by atoms with Gasteiger partial charge in [-0.1, -0.05) is 30.0 Å². The maximum absolute atomic E-state index is 12.4. The maximum Gasteiger partial charge on any atom is 0.234 e. The molecule has 0 spiro atoms. The topological polar surface area (TPSA) is 75.9 Å². The van der Waals surface area contributed by atoms with E-state index >= 15 is 0 Å². The molecule has 4 aromatic rings. The molecule has 0 atom stereocenters. The van der Waals surface area contributed by atoms with Crippen molar-refractivity contribution in [3.05, 3.63) is 66.6 Å². The first-order valence-electron chi connectivity index (χ1n) is 9.47. The number of nitrogens with one attached hydrogen (secondary N) is 1. The smallest absolute Gasteiger partial charge is 0.234 e. The number of carbonyl (C=O) groups excluding carboxylic acids is 1. The zero-order valence-corrected chi connectivity index (χ0v) is 17.8. The average Bonchev–Trinajstić information content (AvgIpc) is 3.17. The Morgan fingerprint density at radius 3 is 2.60 bits per heavy atom. The van der Waals surface area contributed by atoms with Gasteiger partial charge >= 0.3 is 0 Å². The first kappa shape index (κ1) is 19.9. The van der Waals surface area contributed by atoms with Crippen LogP contribution in [0.5, 0.6) is 0 Å². The van der Waals surface area contributed by atoms with E-state index in [0.29, 0.717) is 0 Å². The lowest BCUT2D eigenvalue weighted by atomic mass is 10.2. The lowest BCUT2D eigenvalue weighted by molar-refractivity contribution is -0.113. The van der Waals surface area contributed by atoms with Gasteiger partial charge in [0.15, 0.2) is 5.65 Å². The summed E-state index contributed by atoms with van der Waals surface area (Å²) in [6, 6.07) is 15.7. The fourth-order valence-corrected chi connectivity index (χ4v) is 3.85. The SMILES string of the molecule is Cc1ccccc1-n1ncc2c(SCC(=O)Nc3ccc(N(C)C)cc3)ncnc21. The minimum atomic E-state index is -0.0874. The van der Waals surface area contributed by atoms with E-state index in [0.717, 1.165) is 38.7 Å². The number of rotatable bonds is 6. The van der Waals surface area contributed by atoms with Gasteiger partial charge in [0.1, 0.15) is 11.4 Å². The van der Waals surface area contributed by atoms with Gasteiger partial charge in [0.25, 0.3) is 0 Å². The van der Waals surface area contributed by atoms with Crippen LogP contribution in [0.15, 0.2) is 66.1 Å². The number of carbonyl (C=O) groups is 1. The molecule has 2 aromatic carbocycles. The van der Waals surface area contributed by atoms with Crippen molar-refractivity contribution in [1.29, 1.82) is 0 Å². The second-order valence-electron chi connectivity index (χ2n) is 7.04. The highest BCUT2D eigenvalue weighted by Gasteiger charge is 2.14. The Bertz CT molecular complexity index is 1190. The number of hydrogen-bond donors (Lipinski definition) is 1. The highest BCUT2D eigenvalue weighted by atomic mass is 32.2. The fourth-order valence-electron chi connectivity index (χ4n) is 3.09. The molecule has 7 nitrogen and oxygen atoms in total. The molecule has 152 valence electrons. The number of aromatic nitrogens is 4. The van der Waals surface area contributed by atoms with Gasteiger partial charge in [-0.2, -0.15) is 5.10 Å². The third-order valence-corrected chi connectivity index (χ3v) is 5.69.